The molecular weight excluding hydrogens is 320 g/mol. The standard InChI is InChI=1S/C18H22N4O3/c1-10-14(19-11(2)25-10)15-16(21-18(3,4)5)22-8-7-12(17(23)24-6)9-13(22)20-15/h7-9,21H,1-6H3. The van der Waals surface area contributed by atoms with Crippen LogP contribution in [0.1, 0.15) is 42.8 Å². The van der Waals surface area contributed by atoms with Crippen molar-refractivity contribution in [2.75, 3.05) is 12.4 Å². The van der Waals surface area contributed by atoms with Crippen LogP contribution in [-0.4, -0.2) is 33.0 Å². The fourth-order valence-electron chi connectivity index (χ4n) is 2.68. The molecule has 0 aliphatic rings. The third-order valence-electron chi connectivity index (χ3n) is 3.67. The van der Waals surface area contributed by atoms with Crippen LogP contribution in [0.25, 0.3) is 17.0 Å². The van der Waals surface area contributed by atoms with E-state index in [1.807, 2.05) is 11.3 Å². The number of imidazole rings is 1. The number of oxazole rings is 1. The number of carbonyl (C=O) groups excluding carboxylic acids is 1. The number of nitrogens with zero attached hydrogens (tertiary/aromatic N) is 3. The zero-order valence-electron chi connectivity index (χ0n) is 15.3. The summed E-state index contributed by atoms with van der Waals surface area (Å²) < 4.78 is 12.3. The molecule has 0 saturated carbocycles. The quantitative estimate of drug-likeness (QED) is 0.732. The number of anilines is 1. The van der Waals surface area contributed by atoms with E-state index < -0.39 is 5.97 Å². The second-order valence-electron chi connectivity index (χ2n) is 6.96. The van der Waals surface area contributed by atoms with Crippen LogP contribution in [0.15, 0.2) is 22.7 Å². The highest BCUT2D eigenvalue weighted by atomic mass is 16.5. The number of fused-ring (bicyclic) bond motifs is 1. The Labute approximate surface area is 146 Å². The SMILES string of the molecule is COC(=O)c1ccn2c(NC(C)(C)C)c(-c3nc(C)oc3C)nc2c1. The Kier molecular flexibility index (Phi) is 4.02. The lowest BCUT2D eigenvalue weighted by molar-refractivity contribution is 0.0600. The Hall–Kier alpha value is -2.83. The minimum atomic E-state index is -0.397. The van der Waals surface area contributed by atoms with Crippen LogP contribution < -0.4 is 5.32 Å². The summed E-state index contributed by atoms with van der Waals surface area (Å²) in [6.45, 7) is 9.87. The summed E-state index contributed by atoms with van der Waals surface area (Å²) in [7, 11) is 1.36. The molecule has 132 valence electrons. The lowest BCUT2D eigenvalue weighted by Crippen LogP contribution is -2.27. The van der Waals surface area contributed by atoms with Gasteiger partial charge in [-0.3, -0.25) is 4.40 Å². The number of ether oxygens (including phenoxy) is 1. The molecule has 0 saturated heterocycles. The molecule has 3 rings (SSSR count). The van der Waals surface area contributed by atoms with Crippen LogP contribution in [-0.2, 0) is 4.74 Å². The zero-order chi connectivity index (χ0) is 18.4. The van der Waals surface area contributed by atoms with Crippen molar-refractivity contribution in [1.29, 1.82) is 0 Å². The highest BCUT2D eigenvalue weighted by Gasteiger charge is 2.23. The molecule has 0 amide bonds. The Bertz CT molecular complexity index is 947. The van der Waals surface area contributed by atoms with Gasteiger partial charge < -0.3 is 14.5 Å². The predicted octanol–water partition coefficient (Wildman–Crippen LogP) is 3.60. The van der Waals surface area contributed by atoms with Gasteiger partial charge in [0.25, 0.3) is 0 Å². The summed E-state index contributed by atoms with van der Waals surface area (Å²) in [6.07, 6.45) is 1.80. The summed E-state index contributed by atoms with van der Waals surface area (Å²) in [6, 6.07) is 3.41. The van der Waals surface area contributed by atoms with E-state index in [1.165, 1.54) is 7.11 Å². The summed E-state index contributed by atoms with van der Waals surface area (Å²) in [5, 5.41) is 3.47. The van der Waals surface area contributed by atoms with Gasteiger partial charge in [-0.1, -0.05) is 0 Å². The molecule has 0 spiro atoms. The van der Waals surface area contributed by atoms with Crippen LogP contribution >= 0.6 is 0 Å². The summed E-state index contributed by atoms with van der Waals surface area (Å²) in [4.78, 5) is 21.0. The molecule has 0 aliphatic carbocycles. The van der Waals surface area contributed by atoms with Crippen LogP contribution in [0.4, 0.5) is 5.82 Å². The maximum atomic E-state index is 11.8. The van der Waals surface area contributed by atoms with Gasteiger partial charge in [0.2, 0.25) is 0 Å². The van der Waals surface area contributed by atoms with Gasteiger partial charge in [0.15, 0.2) is 5.89 Å². The fourth-order valence-corrected chi connectivity index (χ4v) is 2.68. The second kappa shape index (κ2) is 5.91. The molecule has 0 radical (unpaired) electrons. The topological polar surface area (TPSA) is 81.7 Å². The molecule has 7 heteroatoms. The molecule has 0 aromatic carbocycles. The van der Waals surface area contributed by atoms with E-state index in [2.05, 4.69) is 36.1 Å². The average molecular weight is 342 g/mol. The minimum absolute atomic E-state index is 0.182. The smallest absolute Gasteiger partial charge is 0.338 e. The van der Waals surface area contributed by atoms with Crippen molar-refractivity contribution < 1.29 is 13.9 Å². The average Bonchev–Trinajstić information content (AvgIpc) is 3.04. The van der Waals surface area contributed by atoms with Crippen LogP contribution in [0.3, 0.4) is 0 Å². The van der Waals surface area contributed by atoms with Crippen LogP contribution in [0.5, 0.6) is 0 Å². The maximum absolute atomic E-state index is 11.8. The molecule has 1 N–H and O–H groups in total. The van der Waals surface area contributed by atoms with E-state index >= 15 is 0 Å². The van der Waals surface area contributed by atoms with Crippen molar-refractivity contribution in [3.63, 3.8) is 0 Å². The van der Waals surface area contributed by atoms with Gasteiger partial charge in [0.1, 0.15) is 28.6 Å². The van der Waals surface area contributed by atoms with Gasteiger partial charge in [-0.2, -0.15) is 0 Å². The normalized spacial score (nSPS) is 11.8. The molecule has 3 aromatic heterocycles. The molecular formula is C18H22N4O3. The van der Waals surface area contributed by atoms with E-state index in [0.29, 0.717) is 34.2 Å². The second-order valence-corrected chi connectivity index (χ2v) is 6.96. The monoisotopic (exact) mass is 342 g/mol. The van der Waals surface area contributed by atoms with Crippen LogP contribution in [0.2, 0.25) is 0 Å². The first kappa shape index (κ1) is 17.0. The number of aryl methyl sites for hydroxylation is 2. The molecule has 3 aromatic rings. The van der Waals surface area contributed by atoms with E-state index in [-0.39, 0.29) is 5.54 Å². The molecule has 7 nitrogen and oxygen atoms in total. The van der Waals surface area contributed by atoms with E-state index in [9.17, 15) is 4.79 Å². The molecule has 0 bridgehead atoms. The number of nitrogens with one attached hydrogen (secondary N) is 1. The van der Waals surface area contributed by atoms with Crippen molar-refractivity contribution >= 4 is 17.4 Å². The third kappa shape index (κ3) is 3.22. The van der Waals surface area contributed by atoms with E-state index in [0.717, 1.165) is 5.82 Å². The number of aromatic nitrogens is 3. The number of pyridine rings is 1. The number of rotatable bonds is 3. The minimum Gasteiger partial charge on any atom is -0.465 e. The van der Waals surface area contributed by atoms with Gasteiger partial charge in [0, 0.05) is 18.7 Å². The maximum Gasteiger partial charge on any atom is 0.338 e. The molecule has 0 aliphatic heterocycles. The fraction of sp³-hybridized carbons (Fsp3) is 0.389. The summed E-state index contributed by atoms with van der Waals surface area (Å²) in [5.74, 6) is 1.69. The molecule has 0 fully saturated rings. The third-order valence-corrected chi connectivity index (χ3v) is 3.67. The Morgan fingerprint density at radius 3 is 2.52 bits per heavy atom. The molecule has 0 unspecified atom stereocenters. The van der Waals surface area contributed by atoms with E-state index in [1.54, 1.807) is 25.3 Å². The van der Waals surface area contributed by atoms with E-state index in [4.69, 9.17) is 9.15 Å². The molecule has 3 heterocycles. The summed E-state index contributed by atoms with van der Waals surface area (Å²) >= 11 is 0. The first-order valence-electron chi connectivity index (χ1n) is 8.02. The number of hydrogen-bond donors (Lipinski definition) is 1. The van der Waals surface area contributed by atoms with Crippen molar-refractivity contribution in [3.05, 3.63) is 35.5 Å². The largest absolute Gasteiger partial charge is 0.465 e. The van der Waals surface area contributed by atoms with Crippen molar-refractivity contribution in [2.45, 2.75) is 40.2 Å². The van der Waals surface area contributed by atoms with Gasteiger partial charge in [-0.25, -0.2) is 14.8 Å². The predicted molar refractivity (Wildman–Crippen MR) is 94.9 cm³/mol. The van der Waals surface area contributed by atoms with Gasteiger partial charge >= 0.3 is 5.97 Å². The van der Waals surface area contributed by atoms with Crippen molar-refractivity contribution in [3.8, 4) is 11.4 Å². The number of esters is 1. The summed E-state index contributed by atoms with van der Waals surface area (Å²) in [5.41, 5.74) is 2.27. The first-order valence-corrected chi connectivity index (χ1v) is 8.02. The molecule has 25 heavy (non-hydrogen) atoms. The lowest BCUT2D eigenvalue weighted by Gasteiger charge is -2.22. The first-order chi connectivity index (χ1) is 11.7. The highest BCUT2D eigenvalue weighted by Crippen LogP contribution is 2.32. The Balaban J connectivity index is 2.25. The Morgan fingerprint density at radius 1 is 1.24 bits per heavy atom. The lowest BCUT2D eigenvalue weighted by atomic mass is 10.1. The zero-order valence-corrected chi connectivity index (χ0v) is 15.3. The highest BCUT2D eigenvalue weighted by molar-refractivity contribution is 5.91. The van der Waals surface area contributed by atoms with Gasteiger partial charge in [-0.05, 0) is 39.8 Å². The van der Waals surface area contributed by atoms with Gasteiger partial charge in [0.05, 0.1) is 12.7 Å². The molecule has 0 atom stereocenters. The van der Waals surface area contributed by atoms with Crippen LogP contribution in [0, 0.1) is 13.8 Å². The number of methoxy groups -OCH3 is 1. The Morgan fingerprint density at radius 2 is 1.96 bits per heavy atom. The number of carbonyl (C=O) groups is 1. The number of hydrogen-bond acceptors (Lipinski definition) is 6. The van der Waals surface area contributed by atoms with Crippen molar-refractivity contribution in [2.24, 2.45) is 0 Å². The van der Waals surface area contributed by atoms with Gasteiger partial charge in [-0.15, -0.1) is 0 Å². The van der Waals surface area contributed by atoms with Crippen molar-refractivity contribution in [1.82, 2.24) is 14.4 Å².